The van der Waals surface area contributed by atoms with Crippen LogP contribution >= 0.6 is 0 Å². The van der Waals surface area contributed by atoms with E-state index in [2.05, 4.69) is 21.7 Å². The predicted molar refractivity (Wildman–Crippen MR) is 94.8 cm³/mol. The lowest BCUT2D eigenvalue weighted by Crippen LogP contribution is -2.40. The van der Waals surface area contributed by atoms with Gasteiger partial charge < -0.3 is 15.4 Å². The summed E-state index contributed by atoms with van der Waals surface area (Å²) in [5.74, 6) is 4.62. The summed E-state index contributed by atoms with van der Waals surface area (Å²) in [7, 11) is 1.84. The van der Waals surface area contributed by atoms with E-state index in [1.165, 1.54) is 31.2 Å². The van der Waals surface area contributed by atoms with Crippen molar-refractivity contribution in [2.45, 2.75) is 39.2 Å². The molecule has 4 nitrogen and oxygen atoms in total. The number of ether oxygens (including phenoxy) is 1. The van der Waals surface area contributed by atoms with Crippen LogP contribution in [0.3, 0.4) is 0 Å². The van der Waals surface area contributed by atoms with E-state index in [1.807, 2.05) is 32.2 Å². The molecule has 2 saturated carbocycles. The van der Waals surface area contributed by atoms with Gasteiger partial charge in [-0.05, 0) is 56.4 Å². The average Bonchev–Trinajstić information content (AvgIpc) is 3.46. The molecule has 0 bridgehead atoms. The molecule has 0 heterocycles. The lowest BCUT2D eigenvalue weighted by atomic mass is 9.98. The molecule has 2 aliphatic rings. The summed E-state index contributed by atoms with van der Waals surface area (Å²) in [6, 6.07) is 8.18. The Hall–Kier alpha value is -1.71. The minimum atomic E-state index is 0.689. The van der Waals surface area contributed by atoms with Gasteiger partial charge in [-0.2, -0.15) is 0 Å². The second-order valence-electron chi connectivity index (χ2n) is 6.69. The van der Waals surface area contributed by atoms with E-state index in [4.69, 9.17) is 4.74 Å². The molecule has 4 heteroatoms. The van der Waals surface area contributed by atoms with E-state index in [0.717, 1.165) is 42.6 Å². The van der Waals surface area contributed by atoms with E-state index >= 15 is 0 Å². The Morgan fingerprint density at radius 1 is 1.17 bits per heavy atom. The van der Waals surface area contributed by atoms with Gasteiger partial charge in [-0.25, -0.2) is 0 Å². The molecule has 0 amide bonds. The highest BCUT2D eigenvalue weighted by Gasteiger charge is 2.41. The second-order valence-corrected chi connectivity index (χ2v) is 6.69. The summed E-state index contributed by atoms with van der Waals surface area (Å²) >= 11 is 0. The molecular formula is C19H29N3O. The monoisotopic (exact) mass is 315 g/mol. The molecular weight excluding hydrogens is 286 g/mol. The zero-order chi connectivity index (χ0) is 16.1. The summed E-state index contributed by atoms with van der Waals surface area (Å²) in [5, 5.41) is 6.95. The van der Waals surface area contributed by atoms with E-state index < -0.39 is 0 Å². The SMILES string of the molecule is CCOc1ccccc1CNC(=NC)NCC(C1CC1)C1CC1. The van der Waals surface area contributed by atoms with Crippen molar-refractivity contribution in [3.8, 4) is 5.75 Å². The maximum Gasteiger partial charge on any atom is 0.191 e. The number of benzene rings is 1. The van der Waals surface area contributed by atoms with E-state index in [0.29, 0.717) is 6.61 Å². The summed E-state index contributed by atoms with van der Waals surface area (Å²) in [5.41, 5.74) is 1.17. The molecule has 2 fully saturated rings. The minimum Gasteiger partial charge on any atom is -0.494 e. The quantitative estimate of drug-likeness (QED) is 0.572. The van der Waals surface area contributed by atoms with Crippen LogP contribution in [0.5, 0.6) is 5.75 Å². The van der Waals surface area contributed by atoms with Gasteiger partial charge >= 0.3 is 0 Å². The van der Waals surface area contributed by atoms with Crippen LogP contribution in [-0.2, 0) is 6.54 Å². The first-order valence-corrected chi connectivity index (χ1v) is 8.97. The molecule has 0 atom stereocenters. The summed E-state index contributed by atoms with van der Waals surface area (Å²) < 4.78 is 5.68. The van der Waals surface area contributed by atoms with Crippen molar-refractivity contribution in [3.05, 3.63) is 29.8 Å². The van der Waals surface area contributed by atoms with E-state index in [1.54, 1.807) is 0 Å². The normalized spacial score (nSPS) is 18.1. The third kappa shape index (κ3) is 4.63. The Morgan fingerprint density at radius 3 is 2.48 bits per heavy atom. The van der Waals surface area contributed by atoms with Gasteiger partial charge in [0, 0.05) is 25.7 Å². The van der Waals surface area contributed by atoms with Gasteiger partial charge in [-0.3, -0.25) is 4.99 Å². The number of para-hydroxylation sites is 1. The van der Waals surface area contributed by atoms with Crippen molar-refractivity contribution in [3.63, 3.8) is 0 Å². The van der Waals surface area contributed by atoms with Crippen molar-refractivity contribution in [1.29, 1.82) is 0 Å². The van der Waals surface area contributed by atoms with Crippen molar-refractivity contribution < 1.29 is 4.74 Å². The number of aliphatic imine (C=N–C) groups is 1. The van der Waals surface area contributed by atoms with Crippen LogP contribution < -0.4 is 15.4 Å². The first-order valence-electron chi connectivity index (χ1n) is 8.97. The first kappa shape index (κ1) is 16.2. The Balaban J connectivity index is 1.49. The van der Waals surface area contributed by atoms with Crippen LogP contribution in [0.25, 0.3) is 0 Å². The number of nitrogens with one attached hydrogen (secondary N) is 2. The van der Waals surface area contributed by atoms with Crippen LogP contribution in [0, 0.1) is 17.8 Å². The maximum atomic E-state index is 5.68. The Labute approximate surface area is 139 Å². The van der Waals surface area contributed by atoms with Gasteiger partial charge in [0.1, 0.15) is 5.75 Å². The van der Waals surface area contributed by atoms with Gasteiger partial charge in [0.15, 0.2) is 5.96 Å². The molecule has 0 unspecified atom stereocenters. The molecule has 0 saturated heterocycles. The Bertz CT molecular complexity index is 523. The third-order valence-corrected chi connectivity index (χ3v) is 4.90. The molecule has 1 aromatic carbocycles. The van der Waals surface area contributed by atoms with Gasteiger partial charge in [0.25, 0.3) is 0 Å². The van der Waals surface area contributed by atoms with Gasteiger partial charge in [0.05, 0.1) is 6.61 Å². The molecule has 1 aromatic rings. The van der Waals surface area contributed by atoms with Crippen LogP contribution in [-0.4, -0.2) is 26.2 Å². The van der Waals surface area contributed by atoms with Crippen LogP contribution in [0.2, 0.25) is 0 Å². The van der Waals surface area contributed by atoms with Crippen LogP contribution in [0.4, 0.5) is 0 Å². The first-order chi connectivity index (χ1) is 11.3. The lowest BCUT2D eigenvalue weighted by molar-refractivity contribution is 0.336. The molecule has 0 aliphatic heterocycles. The minimum absolute atomic E-state index is 0.689. The smallest absolute Gasteiger partial charge is 0.191 e. The van der Waals surface area contributed by atoms with Crippen LogP contribution in [0.15, 0.2) is 29.3 Å². The topological polar surface area (TPSA) is 45.6 Å². The summed E-state index contributed by atoms with van der Waals surface area (Å²) in [4.78, 5) is 4.36. The fourth-order valence-electron chi connectivity index (χ4n) is 3.33. The third-order valence-electron chi connectivity index (χ3n) is 4.90. The highest BCUT2D eigenvalue weighted by molar-refractivity contribution is 5.79. The largest absolute Gasteiger partial charge is 0.494 e. The van der Waals surface area contributed by atoms with Gasteiger partial charge in [-0.1, -0.05) is 18.2 Å². The molecule has 0 aromatic heterocycles. The van der Waals surface area contributed by atoms with E-state index in [9.17, 15) is 0 Å². The van der Waals surface area contributed by atoms with Crippen molar-refractivity contribution >= 4 is 5.96 Å². The fraction of sp³-hybridized carbons (Fsp3) is 0.632. The molecule has 0 radical (unpaired) electrons. The van der Waals surface area contributed by atoms with Crippen molar-refractivity contribution in [2.75, 3.05) is 20.2 Å². The van der Waals surface area contributed by atoms with Crippen molar-refractivity contribution in [2.24, 2.45) is 22.7 Å². The molecule has 3 rings (SSSR count). The number of hydrogen-bond acceptors (Lipinski definition) is 2. The molecule has 23 heavy (non-hydrogen) atoms. The number of rotatable bonds is 8. The highest BCUT2D eigenvalue weighted by Crippen LogP contribution is 2.48. The fourth-order valence-corrected chi connectivity index (χ4v) is 3.33. The lowest BCUT2D eigenvalue weighted by Gasteiger charge is -2.19. The molecule has 0 spiro atoms. The number of nitrogens with zero attached hydrogens (tertiary/aromatic N) is 1. The number of guanidine groups is 1. The Kier molecular flexibility index (Phi) is 5.42. The number of hydrogen-bond donors (Lipinski definition) is 2. The zero-order valence-corrected chi connectivity index (χ0v) is 14.3. The van der Waals surface area contributed by atoms with Crippen LogP contribution in [0.1, 0.15) is 38.2 Å². The van der Waals surface area contributed by atoms with Crippen molar-refractivity contribution in [1.82, 2.24) is 10.6 Å². The maximum absolute atomic E-state index is 5.68. The zero-order valence-electron chi connectivity index (χ0n) is 14.3. The predicted octanol–water partition coefficient (Wildman–Crippen LogP) is 3.19. The Morgan fingerprint density at radius 2 is 1.87 bits per heavy atom. The molecule has 126 valence electrons. The standard InChI is InChI=1S/C19H29N3O/c1-3-23-18-7-5-4-6-16(18)12-21-19(20-2)22-13-17(14-8-9-14)15-10-11-15/h4-7,14-15,17H,3,8-13H2,1-2H3,(H2,20,21,22). The molecule has 2 N–H and O–H groups in total. The van der Waals surface area contributed by atoms with E-state index in [-0.39, 0.29) is 0 Å². The van der Waals surface area contributed by atoms with Gasteiger partial charge in [-0.15, -0.1) is 0 Å². The highest BCUT2D eigenvalue weighted by atomic mass is 16.5. The molecule has 2 aliphatic carbocycles. The average molecular weight is 315 g/mol. The summed E-state index contributed by atoms with van der Waals surface area (Å²) in [6.45, 7) is 4.49. The second kappa shape index (κ2) is 7.71. The summed E-state index contributed by atoms with van der Waals surface area (Å²) in [6.07, 6.45) is 5.71. The van der Waals surface area contributed by atoms with Gasteiger partial charge in [0.2, 0.25) is 0 Å².